The second-order valence-corrected chi connectivity index (χ2v) is 8.07. The number of nitrogens with one attached hydrogen (secondary N) is 1. The van der Waals surface area contributed by atoms with Gasteiger partial charge in [0.05, 0.1) is 12.3 Å². The van der Waals surface area contributed by atoms with Crippen molar-refractivity contribution in [3.8, 4) is 5.75 Å². The number of amides is 1. The number of nitrogens with zero attached hydrogens (tertiary/aromatic N) is 1. The van der Waals surface area contributed by atoms with Crippen LogP contribution in [0.15, 0.2) is 29.4 Å². The van der Waals surface area contributed by atoms with Crippen molar-refractivity contribution in [2.75, 3.05) is 6.61 Å². The van der Waals surface area contributed by atoms with Crippen LogP contribution in [0.25, 0.3) is 0 Å². The lowest BCUT2D eigenvalue weighted by Crippen LogP contribution is -2.24. The quantitative estimate of drug-likeness (QED) is 0.404. The Kier molecular flexibility index (Phi) is 8.49. The second kappa shape index (κ2) is 10.1. The lowest BCUT2D eigenvalue weighted by molar-refractivity contribution is -0.123. The zero-order chi connectivity index (χ0) is 19.7. The predicted octanol–water partition coefficient (Wildman–Crippen LogP) is 4.35. The third kappa shape index (κ3) is 8.79. The number of rotatable bonds is 9. The number of hydrogen-bond donors (Lipinski definition) is 1. The van der Waals surface area contributed by atoms with Gasteiger partial charge >= 0.3 is 0 Å². The fraction of sp³-hybridized carbons (Fsp3) is 0.571. The van der Waals surface area contributed by atoms with Gasteiger partial charge in [0.25, 0.3) is 0 Å². The van der Waals surface area contributed by atoms with Gasteiger partial charge in [0.2, 0.25) is 5.91 Å². The molecule has 26 heavy (non-hydrogen) atoms. The van der Waals surface area contributed by atoms with Gasteiger partial charge < -0.3 is 4.74 Å². The van der Waals surface area contributed by atoms with Gasteiger partial charge in [-0.05, 0) is 48.6 Å². The molecule has 0 aliphatic carbocycles. The van der Waals surface area contributed by atoms with E-state index in [1.165, 1.54) is 0 Å². The highest BCUT2D eigenvalue weighted by Crippen LogP contribution is 2.18. The zero-order valence-corrected chi connectivity index (χ0v) is 16.9. The molecule has 0 atom stereocenters. The van der Waals surface area contributed by atoms with Crippen molar-refractivity contribution < 1.29 is 14.3 Å². The standard InChI is InChI=1S/C21H32N2O3/c1-15(2)19(24)8-7-13-26-18-11-9-17(10-12-18)16(3)22-23-20(25)14-21(4,5)6/h9-12,15H,7-8,13-14H2,1-6H3,(H,23,25)/b22-16+. The number of carbonyl (C=O) groups excluding carboxylic acids is 2. The van der Waals surface area contributed by atoms with E-state index in [9.17, 15) is 9.59 Å². The minimum Gasteiger partial charge on any atom is -0.494 e. The minimum atomic E-state index is -0.0900. The summed E-state index contributed by atoms with van der Waals surface area (Å²) in [5.41, 5.74) is 4.19. The van der Waals surface area contributed by atoms with Crippen LogP contribution >= 0.6 is 0 Å². The zero-order valence-electron chi connectivity index (χ0n) is 16.9. The molecular weight excluding hydrogens is 328 g/mol. The molecule has 0 aliphatic heterocycles. The Bertz CT molecular complexity index is 626. The average molecular weight is 360 g/mol. The lowest BCUT2D eigenvalue weighted by atomic mass is 9.92. The molecule has 144 valence electrons. The molecule has 0 saturated carbocycles. The molecule has 5 nitrogen and oxygen atoms in total. The first kappa shape index (κ1) is 21.9. The minimum absolute atomic E-state index is 0.0632. The Hall–Kier alpha value is -2.17. The first-order valence-corrected chi connectivity index (χ1v) is 9.17. The fourth-order valence-corrected chi connectivity index (χ4v) is 2.25. The van der Waals surface area contributed by atoms with Gasteiger partial charge in [-0.1, -0.05) is 34.6 Å². The molecule has 0 aromatic heterocycles. The van der Waals surface area contributed by atoms with Crippen LogP contribution in [-0.4, -0.2) is 24.0 Å². The second-order valence-electron chi connectivity index (χ2n) is 8.07. The molecule has 1 rings (SSSR count). The summed E-state index contributed by atoms with van der Waals surface area (Å²) < 4.78 is 5.66. The Balaban J connectivity index is 2.47. The molecule has 0 spiro atoms. The van der Waals surface area contributed by atoms with Crippen LogP contribution < -0.4 is 10.2 Å². The highest BCUT2D eigenvalue weighted by Gasteiger charge is 2.15. The van der Waals surface area contributed by atoms with Crippen molar-refractivity contribution in [1.29, 1.82) is 0 Å². The SMILES string of the molecule is C/C(=N\NC(=O)CC(C)(C)C)c1ccc(OCCCC(=O)C(C)C)cc1. The van der Waals surface area contributed by atoms with Crippen LogP contribution in [0.1, 0.15) is 66.4 Å². The summed E-state index contributed by atoms with van der Waals surface area (Å²) in [6.45, 7) is 12.2. The molecule has 0 fully saturated rings. The predicted molar refractivity (Wildman–Crippen MR) is 105 cm³/mol. The van der Waals surface area contributed by atoms with Gasteiger partial charge in [-0.3, -0.25) is 9.59 Å². The summed E-state index contributed by atoms with van der Waals surface area (Å²) in [6.07, 6.45) is 1.70. The van der Waals surface area contributed by atoms with E-state index in [2.05, 4.69) is 10.5 Å². The number of Topliss-reactive ketones (excluding diaryl/α,β-unsaturated/α-hetero) is 1. The maximum absolute atomic E-state index is 11.8. The Morgan fingerprint density at radius 1 is 1.15 bits per heavy atom. The Morgan fingerprint density at radius 3 is 2.31 bits per heavy atom. The maximum atomic E-state index is 11.8. The Labute approximate surface area is 157 Å². The molecule has 1 N–H and O–H groups in total. The highest BCUT2D eigenvalue weighted by atomic mass is 16.5. The third-order valence-electron chi connectivity index (χ3n) is 3.79. The van der Waals surface area contributed by atoms with Crippen molar-refractivity contribution >= 4 is 17.4 Å². The van der Waals surface area contributed by atoms with E-state index in [0.717, 1.165) is 23.4 Å². The summed E-state index contributed by atoms with van der Waals surface area (Å²) in [4.78, 5) is 23.4. The van der Waals surface area contributed by atoms with Gasteiger partial charge in [0.15, 0.2) is 0 Å². The number of ketones is 1. The van der Waals surface area contributed by atoms with Crippen LogP contribution in [0.2, 0.25) is 0 Å². The summed E-state index contributed by atoms with van der Waals surface area (Å²) in [6, 6.07) is 7.55. The molecule has 0 heterocycles. The lowest BCUT2D eigenvalue weighted by Gasteiger charge is -2.16. The van der Waals surface area contributed by atoms with Crippen LogP contribution in [-0.2, 0) is 9.59 Å². The van der Waals surface area contributed by atoms with Crippen LogP contribution in [0, 0.1) is 11.3 Å². The normalized spacial score (nSPS) is 12.2. The van der Waals surface area contributed by atoms with E-state index in [1.807, 2.05) is 65.8 Å². The van der Waals surface area contributed by atoms with E-state index in [4.69, 9.17) is 4.74 Å². The van der Waals surface area contributed by atoms with Gasteiger partial charge in [-0.25, -0.2) is 5.43 Å². The molecule has 0 radical (unpaired) electrons. The van der Waals surface area contributed by atoms with Gasteiger partial charge in [0.1, 0.15) is 11.5 Å². The van der Waals surface area contributed by atoms with Gasteiger partial charge in [-0.2, -0.15) is 5.10 Å². The molecule has 0 bridgehead atoms. The topological polar surface area (TPSA) is 67.8 Å². The molecule has 5 heteroatoms. The number of benzene rings is 1. The number of ether oxygens (including phenoxy) is 1. The monoisotopic (exact) mass is 360 g/mol. The molecule has 1 aromatic carbocycles. The van der Waals surface area contributed by atoms with E-state index in [0.29, 0.717) is 19.4 Å². The largest absolute Gasteiger partial charge is 0.494 e. The number of hydrazone groups is 1. The maximum Gasteiger partial charge on any atom is 0.240 e. The molecule has 0 aliphatic rings. The summed E-state index contributed by atoms with van der Waals surface area (Å²) >= 11 is 0. The van der Waals surface area contributed by atoms with Crippen molar-refractivity contribution in [1.82, 2.24) is 5.43 Å². The highest BCUT2D eigenvalue weighted by molar-refractivity contribution is 5.99. The third-order valence-corrected chi connectivity index (χ3v) is 3.79. The summed E-state index contributed by atoms with van der Waals surface area (Å²) in [7, 11) is 0. The van der Waals surface area contributed by atoms with E-state index >= 15 is 0 Å². The van der Waals surface area contributed by atoms with E-state index in [1.54, 1.807) is 0 Å². The van der Waals surface area contributed by atoms with E-state index < -0.39 is 0 Å². The van der Waals surface area contributed by atoms with Crippen LogP contribution in [0.3, 0.4) is 0 Å². The fourth-order valence-electron chi connectivity index (χ4n) is 2.25. The smallest absolute Gasteiger partial charge is 0.240 e. The summed E-state index contributed by atoms with van der Waals surface area (Å²) in [5.74, 6) is 1.02. The average Bonchev–Trinajstić information content (AvgIpc) is 2.55. The number of carbonyl (C=O) groups is 2. The van der Waals surface area contributed by atoms with Gasteiger partial charge in [-0.15, -0.1) is 0 Å². The molecule has 1 aromatic rings. The number of hydrogen-bond acceptors (Lipinski definition) is 4. The van der Waals surface area contributed by atoms with Crippen molar-refractivity contribution in [3.05, 3.63) is 29.8 Å². The summed E-state index contributed by atoms with van der Waals surface area (Å²) in [5, 5.41) is 4.16. The Morgan fingerprint density at radius 2 is 1.77 bits per heavy atom. The molecule has 0 unspecified atom stereocenters. The van der Waals surface area contributed by atoms with Crippen LogP contribution in [0.5, 0.6) is 5.75 Å². The molecule has 0 saturated heterocycles. The van der Waals surface area contributed by atoms with Crippen LogP contribution in [0.4, 0.5) is 0 Å². The van der Waals surface area contributed by atoms with E-state index in [-0.39, 0.29) is 23.0 Å². The first-order valence-electron chi connectivity index (χ1n) is 9.17. The van der Waals surface area contributed by atoms with Gasteiger partial charge in [0, 0.05) is 18.8 Å². The van der Waals surface area contributed by atoms with Crippen molar-refractivity contribution in [2.24, 2.45) is 16.4 Å². The molecular formula is C21H32N2O3. The van der Waals surface area contributed by atoms with Crippen molar-refractivity contribution in [3.63, 3.8) is 0 Å². The molecule has 1 amide bonds. The van der Waals surface area contributed by atoms with Crippen molar-refractivity contribution in [2.45, 2.75) is 60.8 Å². The first-order chi connectivity index (χ1) is 12.1.